The second kappa shape index (κ2) is 2.50. The lowest BCUT2D eigenvalue weighted by molar-refractivity contribution is 1.40. The zero-order chi connectivity index (χ0) is 8.55. The number of nitriles is 1. The summed E-state index contributed by atoms with van der Waals surface area (Å²) < 4.78 is 0. The van der Waals surface area contributed by atoms with Crippen molar-refractivity contribution in [1.82, 2.24) is 9.97 Å². The molecule has 2 aromatic heterocycles. The van der Waals surface area contributed by atoms with Crippen LogP contribution < -0.4 is 0 Å². The zero-order valence-corrected chi connectivity index (χ0v) is 6.76. The van der Waals surface area contributed by atoms with Crippen molar-refractivity contribution >= 4 is 22.6 Å². The van der Waals surface area contributed by atoms with E-state index < -0.39 is 0 Å². The summed E-state index contributed by atoms with van der Waals surface area (Å²) in [6.07, 6.45) is 1.63. The summed E-state index contributed by atoms with van der Waals surface area (Å²) in [5.41, 5.74) is 1.83. The number of hydrogen-bond donors (Lipinski definition) is 1. The monoisotopic (exact) mass is 177 g/mol. The van der Waals surface area contributed by atoms with Crippen LogP contribution in [0, 0.1) is 11.3 Å². The van der Waals surface area contributed by atoms with E-state index in [0.29, 0.717) is 16.2 Å². The average Bonchev–Trinajstić information content (AvgIpc) is 2.40. The molecule has 0 radical (unpaired) electrons. The number of hydrogen-bond acceptors (Lipinski definition) is 2. The quantitative estimate of drug-likeness (QED) is 0.670. The van der Waals surface area contributed by atoms with Crippen LogP contribution in [0.2, 0.25) is 5.15 Å². The molecule has 2 heterocycles. The van der Waals surface area contributed by atoms with Gasteiger partial charge < -0.3 is 4.98 Å². The summed E-state index contributed by atoms with van der Waals surface area (Å²) in [6, 6.07) is 5.61. The Morgan fingerprint density at radius 1 is 1.58 bits per heavy atom. The molecule has 0 saturated carbocycles. The first-order chi connectivity index (χ1) is 5.83. The van der Waals surface area contributed by atoms with Gasteiger partial charge in [-0.2, -0.15) is 5.26 Å². The molecule has 0 aliphatic rings. The standard InChI is InChI=1S/C8H4ClN3/c9-8-5(4-10)7-6(12-8)2-1-3-11-7/h1-3,12H. The van der Waals surface area contributed by atoms with Gasteiger partial charge in [-0.25, -0.2) is 0 Å². The Morgan fingerprint density at radius 2 is 2.42 bits per heavy atom. The third-order valence-electron chi connectivity index (χ3n) is 1.62. The van der Waals surface area contributed by atoms with Crippen molar-refractivity contribution in [3.05, 3.63) is 29.0 Å². The summed E-state index contributed by atoms with van der Waals surface area (Å²) in [4.78, 5) is 6.89. The third-order valence-corrected chi connectivity index (χ3v) is 1.90. The van der Waals surface area contributed by atoms with E-state index in [0.717, 1.165) is 5.52 Å². The Balaban J connectivity index is 2.93. The molecule has 0 amide bonds. The summed E-state index contributed by atoms with van der Waals surface area (Å²) >= 11 is 5.75. The molecule has 2 aromatic rings. The van der Waals surface area contributed by atoms with Crippen molar-refractivity contribution in [2.24, 2.45) is 0 Å². The molecule has 2 rings (SSSR count). The van der Waals surface area contributed by atoms with Gasteiger partial charge >= 0.3 is 0 Å². The summed E-state index contributed by atoms with van der Waals surface area (Å²) in [5, 5.41) is 9.06. The Bertz CT molecular complexity index is 467. The Morgan fingerprint density at radius 3 is 3.17 bits per heavy atom. The van der Waals surface area contributed by atoms with E-state index in [1.54, 1.807) is 12.3 Å². The van der Waals surface area contributed by atoms with Crippen LogP contribution in [0.4, 0.5) is 0 Å². The fraction of sp³-hybridized carbons (Fsp3) is 0. The summed E-state index contributed by atoms with van der Waals surface area (Å²) in [5.74, 6) is 0. The van der Waals surface area contributed by atoms with Crippen LogP contribution >= 0.6 is 11.6 Å². The van der Waals surface area contributed by atoms with Crippen LogP contribution in [0.3, 0.4) is 0 Å². The van der Waals surface area contributed by atoms with Crippen LogP contribution in [-0.4, -0.2) is 9.97 Å². The molecule has 0 unspecified atom stereocenters. The lowest BCUT2D eigenvalue weighted by atomic mass is 10.3. The van der Waals surface area contributed by atoms with Gasteiger partial charge in [0.1, 0.15) is 22.3 Å². The number of fused-ring (bicyclic) bond motifs is 1. The molecule has 3 nitrogen and oxygen atoms in total. The lowest BCUT2D eigenvalue weighted by Gasteiger charge is -1.84. The first-order valence-corrected chi connectivity index (χ1v) is 3.73. The minimum atomic E-state index is 0.353. The number of nitrogens with zero attached hydrogens (tertiary/aromatic N) is 2. The molecule has 0 aromatic carbocycles. The predicted octanol–water partition coefficient (Wildman–Crippen LogP) is 2.09. The number of nitrogens with one attached hydrogen (secondary N) is 1. The van der Waals surface area contributed by atoms with Crippen molar-refractivity contribution < 1.29 is 0 Å². The van der Waals surface area contributed by atoms with Crippen molar-refractivity contribution in [3.63, 3.8) is 0 Å². The van der Waals surface area contributed by atoms with E-state index in [2.05, 4.69) is 9.97 Å². The van der Waals surface area contributed by atoms with E-state index >= 15 is 0 Å². The third kappa shape index (κ3) is 0.858. The number of H-pyrrole nitrogens is 1. The number of halogens is 1. The van der Waals surface area contributed by atoms with Gasteiger partial charge in [-0.3, -0.25) is 4.98 Å². The highest BCUT2D eigenvalue weighted by molar-refractivity contribution is 6.32. The van der Waals surface area contributed by atoms with Crippen molar-refractivity contribution in [3.8, 4) is 6.07 Å². The van der Waals surface area contributed by atoms with E-state index in [-0.39, 0.29) is 0 Å². The minimum absolute atomic E-state index is 0.353. The van der Waals surface area contributed by atoms with Gasteiger partial charge in [0, 0.05) is 6.20 Å². The molecular weight excluding hydrogens is 174 g/mol. The maximum absolute atomic E-state index is 8.71. The van der Waals surface area contributed by atoms with Gasteiger partial charge in [-0.15, -0.1) is 0 Å². The molecule has 0 spiro atoms. The molecule has 4 heteroatoms. The highest BCUT2D eigenvalue weighted by Gasteiger charge is 2.08. The van der Waals surface area contributed by atoms with Crippen LogP contribution in [0.15, 0.2) is 18.3 Å². The molecule has 0 atom stereocenters. The van der Waals surface area contributed by atoms with E-state index in [4.69, 9.17) is 16.9 Å². The Labute approximate surface area is 73.6 Å². The Kier molecular flexibility index (Phi) is 1.49. The number of aromatic nitrogens is 2. The molecule has 0 saturated heterocycles. The normalized spacial score (nSPS) is 10.0. The van der Waals surface area contributed by atoms with Crippen molar-refractivity contribution in [1.29, 1.82) is 5.26 Å². The molecule has 0 aliphatic heterocycles. The molecule has 12 heavy (non-hydrogen) atoms. The van der Waals surface area contributed by atoms with Gasteiger partial charge in [-0.1, -0.05) is 11.6 Å². The first kappa shape index (κ1) is 7.14. The van der Waals surface area contributed by atoms with E-state index in [1.165, 1.54) is 0 Å². The summed E-state index contributed by atoms with van der Waals surface area (Å²) in [6.45, 7) is 0. The van der Waals surface area contributed by atoms with Crippen LogP contribution in [0.1, 0.15) is 5.56 Å². The largest absolute Gasteiger partial charge is 0.343 e. The Hall–Kier alpha value is -1.53. The SMILES string of the molecule is N#Cc1c(Cl)[nH]c2cccnc12. The van der Waals surface area contributed by atoms with Crippen LogP contribution in [-0.2, 0) is 0 Å². The van der Waals surface area contributed by atoms with Gasteiger partial charge in [-0.05, 0) is 12.1 Å². The number of aromatic amines is 1. The van der Waals surface area contributed by atoms with E-state index in [1.807, 2.05) is 12.1 Å². The highest BCUT2D eigenvalue weighted by Crippen LogP contribution is 2.22. The smallest absolute Gasteiger partial charge is 0.127 e. The number of pyridine rings is 1. The lowest BCUT2D eigenvalue weighted by Crippen LogP contribution is -1.74. The van der Waals surface area contributed by atoms with E-state index in [9.17, 15) is 0 Å². The molecule has 0 fully saturated rings. The predicted molar refractivity (Wildman–Crippen MR) is 45.8 cm³/mol. The van der Waals surface area contributed by atoms with Crippen molar-refractivity contribution in [2.45, 2.75) is 0 Å². The van der Waals surface area contributed by atoms with Gasteiger partial charge in [0.2, 0.25) is 0 Å². The zero-order valence-electron chi connectivity index (χ0n) is 6.00. The fourth-order valence-electron chi connectivity index (χ4n) is 1.09. The molecule has 0 bridgehead atoms. The maximum Gasteiger partial charge on any atom is 0.127 e. The highest BCUT2D eigenvalue weighted by atomic mass is 35.5. The first-order valence-electron chi connectivity index (χ1n) is 3.35. The average molecular weight is 178 g/mol. The minimum Gasteiger partial charge on any atom is -0.343 e. The molecule has 58 valence electrons. The van der Waals surface area contributed by atoms with Gasteiger partial charge in [0.25, 0.3) is 0 Å². The molecular formula is C8H4ClN3. The maximum atomic E-state index is 8.71. The second-order valence-corrected chi connectivity index (χ2v) is 2.70. The van der Waals surface area contributed by atoms with Gasteiger partial charge in [0.15, 0.2) is 0 Å². The molecule has 1 N–H and O–H groups in total. The number of rotatable bonds is 0. The van der Waals surface area contributed by atoms with Gasteiger partial charge in [0.05, 0.1) is 5.52 Å². The second-order valence-electron chi connectivity index (χ2n) is 2.33. The molecule has 0 aliphatic carbocycles. The summed E-state index contributed by atoms with van der Waals surface area (Å²) in [7, 11) is 0. The van der Waals surface area contributed by atoms with Crippen molar-refractivity contribution in [2.75, 3.05) is 0 Å². The van der Waals surface area contributed by atoms with Crippen LogP contribution in [0.5, 0.6) is 0 Å². The fourth-order valence-corrected chi connectivity index (χ4v) is 1.33. The topological polar surface area (TPSA) is 52.5 Å². The van der Waals surface area contributed by atoms with Crippen LogP contribution in [0.25, 0.3) is 11.0 Å².